The predicted octanol–water partition coefficient (Wildman–Crippen LogP) is 2.48. The van der Waals surface area contributed by atoms with Gasteiger partial charge in [-0.2, -0.15) is 0 Å². The summed E-state index contributed by atoms with van der Waals surface area (Å²) in [5, 5.41) is 3.08. The Morgan fingerprint density at radius 2 is 1.65 bits per heavy atom. The second kappa shape index (κ2) is 8.16. The first-order valence-corrected chi connectivity index (χ1v) is 9.39. The molecule has 2 atom stereocenters. The number of carbonyl (C=O) groups is 1. The molecule has 0 spiro atoms. The first-order valence-electron chi connectivity index (χ1n) is 9.39. The highest BCUT2D eigenvalue weighted by Gasteiger charge is 2.40. The molecule has 2 aliphatic carbocycles. The van der Waals surface area contributed by atoms with Gasteiger partial charge in [-0.05, 0) is 55.2 Å². The van der Waals surface area contributed by atoms with E-state index < -0.39 is 0 Å². The van der Waals surface area contributed by atoms with Crippen molar-refractivity contribution in [2.24, 2.45) is 23.5 Å². The van der Waals surface area contributed by atoms with Gasteiger partial charge >= 0.3 is 0 Å². The summed E-state index contributed by atoms with van der Waals surface area (Å²) >= 11 is 0. The zero-order valence-electron chi connectivity index (χ0n) is 15.9. The number of benzene rings is 1. The fourth-order valence-electron chi connectivity index (χ4n) is 4.57. The van der Waals surface area contributed by atoms with Crippen molar-refractivity contribution in [1.29, 1.82) is 0 Å². The number of methoxy groups -OCH3 is 3. The number of hydrogen-bond acceptors (Lipinski definition) is 5. The Labute approximate surface area is 155 Å². The number of hydrogen-bond donors (Lipinski definition) is 2. The summed E-state index contributed by atoms with van der Waals surface area (Å²) in [6, 6.07) is 4.02. The van der Waals surface area contributed by atoms with Gasteiger partial charge in [0.05, 0.1) is 21.3 Å². The summed E-state index contributed by atoms with van der Waals surface area (Å²) in [6.45, 7) is 0.438. The minimum Gasteiger partial charge on any atom is -0.493 e. The van der Waals surface area contributed by atoms with Crippen molar-refractivity contribution in [1.82, 2.24) is 5.32 Å². The fraction of sp³-hybridized carbons (Fsp3) is 0.650. The van der Waals surface area contributed by atoms with E-state index in [1.807, 2.05) is 12.1 Å². The van der Waals surface area contributed by atoms with Gasteiger partial charge in [0.2, 0.25) is 11.7 Å². The van der Waals surface area contributed by atoms with Crippen molar-refractivity contribution in [2.45, 2.75) is 44.7 Å². The lowest BCUT2D eigenvalue weighted by Gasteiger charge is -2.43. The van der Waals surface area contributed by atoms with Crippen LogP contribution in [0.4, 0.5) is 0 Å². The van der Waals surface area contributed by atoms with E-state index in [2.05, 4.69) is 5.32 Å². The molecular formula is C20H30N2O4. The molecule has 2 bridgehead atoms. The molecule has 2 unspecified atom stereocenters. The molecule has 2 fully saturated rings. The molecule has 2 saturated carbocycles. The van der Waals surface area contributed by atoms with E-state index in [0.29, 0.717) is 35.6 Å². The third kappa shape index (κ3) is 3.75. The predicted molar refractivity (Wildman–Crippen MR) is 99.5 cm³/mol. The maximum Gasteiger partial charge on any atom is 0.223 e. The van der Waals surface area contributed by atoms with Crippen LogP contribution in [0.2, 0.25) is 0 Å². The van der Waals surface area contributed by atoms with Crippen molar-refractivity contribution in [3.63, 3.8) is 0 Å². The van der Waals surface area contributed by atoms with Gasteiger partial charge in [-0.15, -0.1) is 0 Å². The van der Waals surface area contributed by atoms with Crippen LogP contribution in [-0.4, -0.2) is 33.3 Å². The molecule has 3 rings (SSSR count). The lowest BCUT2D eigenvalue weighted by atomic mass is 9.65. The van der Waals surface area contributed by atoms with Crippen molar-refractivity contribution in [3.8, 4) is 17.2 Å². The van der Waals surface area contributed by atoms with E-state index in [1.165, 1.54) is 6.42 Å². The fourth-order valence-corrected chi connectivity index (χ4v) is 4.57. The molecule has 3 N–H and O–H groups in total. The normalized spacial score (nSPS) is 27.5. The molecule has 0 aliphatic heterocycles. The standard InChI is InChI=1S/C20H30N2O4/c1-24-16-7-12(8-17(25-2)19(16)26-3)11-22-20(23)15-9-13-5-4-6-14(10-15)18(13)21/h7-8,13-15,18H,4-6,9-11,21H2,1-3H3,(H,22,23). The Hall–Kier alpha value is -1.95. The van der Waals surface area contributed by atoms with Crippen LogP contribution in [0.3, 0.4) is 0 Å². The first-order chi connectivity index (χ1) is 12.6. The van der Waals surface area contributed by atoms with Crippen LogP contribution < -0.4 is 25.3 Å². The Kier molecular flexibility index (Phi) is 5.91. The molecule has 1 aromatic carbocycles. The van der Waals surface area contributed by atoms with Gasteiger partial charge in [-0.1, -0.05) is 6.42 Å². The average Bonchev–Trinajstić information content (AvgIpc) is 2.64. The number of carbonyl (C=O) groups excluding carboxylic acids is 1. The van der Waals surface area contributed by atoms with Gasteiger partial charge in [0.1, 0.15) is 0 Å². The van der Waals surface area contributed by atoms with E-state index in [4.69, 9.17) is 19.9 Å². The van der Waals surface area contributed by atoms with Crippen molar-refractivity contribution in [3.05, 3.63) is 17.7 Å². The summed E-state index contributed by atoms with van der Waals surface area (Å²) in [7, 11) is 4.75. The van der Waals surface area contributed by atoms with Crippen molar-refractivity contribution in [2.75, 3.05) is 21.3 Å². The van der Waals surface area contributed by atoms with E-state index in [0.717, 1.165) is 31.2 Å². The van der Waals surface area contributed by atoms with Crippen LogP contribution >= 0.6 is 0 Å². The highest BCUT2D eigenvalue weighted by Crippen LogP contribution is 2.42. The molecule has 1 aromatic rings. The maximum absolute atomic E-state index is 12.7. The molecular weight excluding hydrogens is 332 g/mol. The number of ether oxygens (including phenoxy) is 3. The summed E-state index contributed by atoms with van der Waals surface area (Å²) in [5.74, 6) is 2.94. The topological polar surface area (TPSA) is 82.8 Å². The molecule has 26 heavy (non-hydrogen) atoms. The Bertz CT molecular complexity index is 610. The second-order valence-corrected chi connectivity index (χ2v) is 7.45. The molecule has 0 saturated heterocycles. The van der Waals surface area contributed by atoms with Gasteiger partial charge in [0.15, 0.2) is 11.5 Å². The smallest absolute Gasteiger partial charge is 0.223 e. The van der Waals surface area contributed by atoms with Gasteiger partial charge in [0.25, 0.3) is 0 Å². The molecule has 0 aromatic heterocycles. The lowest BCUT2D eigenvalue weighted by molar-refractivity contribution is -0.128. The number of amides is 1. The number of fused-ring (bicyclic) bond motifs is 2. The van der Waals surface area contributed by atoms with E-state index in [-0.39, 0.29) is 17.9 Å². The minimum absolute atomic E-state index is 0.0761. The van der Waals surface area contributed by atoms with Gasteiger partial charge in [-0.3, -0.25) is 4.79 Å². The quantitative estimate of drug-likeness (QED) is 0.812. The van der Waals surface area contributed by atoms with Gasteiger partial charge < -0.3 is 25.3 Å². The van der Waals surface area contributed by atoms with Crippen LogP contribution in [-0.2, 0) is 11.3 Å². The first kappa shape index (κ1) is 18.8. The third-order valence-corrected chi connectivity index (χ3v) is 5.98. The number of rotatable bonds is 6. The van der Waals surface area contributed by atoms with Crippen LogP contribution in [0.5, 0.6) is 17.2 Å². The van der Waals surface area contributed by atoms with Crippen LogP contribution in [0.25, 0.3) is 0 Å². The largest absolute Gasteiger partial charge is 0.493 e. The third-order valence-electron chi connectivity index (χ3n) is 5.98. The molecule has 6 heteroatoms. The minimum atomic E-state index is 0.0761. The molecule has 0 radical (unpaired) electrons. The van der Waals surface area contributed by atoms with Gasteiger partial charge in [0, 0.05) is 18.5 Å². The second-order valence-electron chi connectivity index (χ2n) is 7.45. The van der Waals surface area contributed by atoms with Gasteiger partial charge in [-0.25, -0.2) is 0 Å². The van der Waals surface area contributed by atoms with Crippen molar-refractivity contribution < 1.29 is 19.0 Å². The van der Waals surface area contributed by atoms with E-state index in [1.54, 1.807) is 21.3 Å². The maximum atomic E-state index is 12.7. The zero-order valence-corrected chi connectivity index (χ0v) is 15.9. The SMILES string of the molecule is COc1cc(CNC(=O)C2CC3CCCC(C2)C3N)cc(OC)c1OC. The summed E-state index contributed by atoms with van der Waals surface area (Å²) < 4.78 is 16.1. The zero-order chi connectivity index (χ0) is 18.7. The monoisotopic (exact) mass is 362 g/mol. The van der Waals surface area contributed by atoms with Crippen LogP contribution in [0, 0.1) is 17.8 Å². The Morgan fingerprint density at radius 3 is 2.15 bits per heavy atom. The molecule has 1 amide bonds. The molecule has 6 nitrogen and oxygen atoms in total. The molecule has 0 heterocycles. The highest BCUT2D eigenvalue weighted by atomic mass is 16.5. The lowest BCUT2D eigenvalue weighted by Crippen LogP contribution is -2.49. The number of nitrogens with one attached hydrogen (secondary N) is 1. The summed E-state index contributed by atoms with van der Waals surface area (Å²) in [5.41, 5.74) is 7.25. The van der Waals surface area contributed by atoms with Crippen LogP contribution in [0.15, 0.2) is 12.1 Å². The Balaban J connectivity index is 1.64. The average molecular weight is 362 g/mol. The molecule has 144 valence electrons. The van der Waals surface area contributed by atoms with E-state index >= 15 is 0 Å². The van der Waals surface area contributed by atoms with Crippen molar-refractivity contribution >= 4 is 5.91 Å². The Morgan fingerprint density at radius 1 is 1.08 bits per heavy atom. The van der Waals surface area contributed by atoms with E-state index in [9.17, 15) is 4.79 Å². The number of nitrogens with two attached hydrogens (primary N) is 1. The van der Waals surface area contributed by atoms with Crippen LogP contribution in [0.1, 0.15) is 37.7 Å². The highest BCUT2D eigenvalue weighted by molar-refractivity contribution is 5.78. The summed E-state index contributed by atoms with van der Waals surface area (Å²) in [4.78, 5) is 12.7. The summed E-state index contributed by atoms with van der Waals surface area (Å²) in [6.07, 6.45) is 5.41. The molecule has 2 aliphatic rings.